The number of hydrogen-bond donors (Lipinski definition) is 1. The van der Waals surface area contributed by atoms with Gasteiger partial charge in [0.1, 0.15) is 0 Å². The number of anilines is 1. The standard InChI is InChI=1S/C10H17N3O/c11-5-4-9-3-1-2-6-13(9)10-7-12-8-14-10/h7-9H,1-6,11H2. The van der Waals surface area contributed by atoms with E-state index in [2.05, 4.69) is 9.88 Å². The van der Waals surface area contributed by atoms with E-state index in [1.807, 2.05) is 0 Å². The molecule has 1 aromatic heterocycles. The minimum atomic E-state index is 0.543. The van der Waals surface area contributed by atoms with Gasteiger partial charge in [0.2, 0.25) is 5.88 Å². The van der Waals surface area contributed by atoms with Crippen molar-refractivity contribution in [1.82, 2.24) is 4.98 Å². The molecule has 1 aliphatic rings. The second-order valence-electron chi connectivity index (χ2n) is 3.76. The highest BCUT2D eigenvalue weighted by Gasteiger charge is 2.23. The molecule has 0 saturated carbocycles. The molecule has 2 rings (SSSR count). The van der Waals surface area contributed by atoms with Gasteiger partial charge in [0, 0.05) is 12.6 Å². The Kier molecular flexibility index (Phi) is 3.03. The van der Waals surface area contributed by atoms with Gasteiger partial charge in [-0.2, -0.15) is 0 Å². The summed E-state index contributed by atoms with van der Waals surface area (Å²) in [6, 6.07) is 0.543. The van der Waals surface area contributed by atoms with Gasteiger partial charge in [-0.15, -0.1) is 0 Å². The molecule has 4 nitrogen and oxygen atoms in total. The van der Waals surface area contributed by atoms with Crippen molar-refractivity contribution >= 4 is 5.88 Å². The highest BCUT2D eigenvalue weighted by molar-refractivity contribution is 5.34. The van der Waals surface area contributed by atoms with Crippen molar-refractivity contribution in [3.8, 4) is 0 Å². The molecular weight excluding hydrogens is 178 g/mol. The second kappa shape index (κ2) is 4.46. The van der Waals surface area contributed by atoms with Crippen LogP contribution in [-0.4, -0.2) is 24.1 Å². The molecule has 1 aliphatic heterocycles. The highest BCUT2D eigenvalue weighted by atomic mass is 16.4. The summed E-state index contributed by atoms with van der Waals surface area (Å²) in [6.45, 7) is 1.81. The lowest BCUT2D eigenvalue weighted by atomic mass is 10.00. The molecule has 1 unspecified atom stereocenters. The minimum Gasteiger partial charge on any atom is -0.428 e. The van der Waals surface area contributed by atoms with Crippen LogP contribution in [0.2, 0.25) is 0 Å². The maximum atomic E-state index is 5.60. The Morgan fingerprint density at radius 2 is 2.50 bits per heavy atom. The van der Waals surface area contributed by atoms with Crippen molar-refractivity contribution in [2.45, 2.75) is 31.7 Å². The lowest BCUT2D eigenvalue weighted by molar-refractivity contribution is 0.409. The first kappa shape index (κ1) is 9.52. The number of rotatable bonds is 3. The van der Waals surface area contributed by atoms with Crippen LogP contribution in [-0.2, 0) is 0 Å². The minimum absolute atomic E-state index is 0.543. The summed E-state index contributed by atoms with van der Waals surface area (Å²) in [5.41, 5.74) is 5.60. The van der Waals surface area contributed by atoms with E-state index >= 15 is 0 Å². The maximum absolute atomic E-state index is 5.60. The van der Waals surface area contributed by atoms with Gasteiger partial charge in [-0.25, -0.2) is 4.98 Å². The first-order chi connectivity index (χ1) is 6.92. The van der Waals surface area contributed by atoms with E-state index in [0.717, 1.165) is 25.4 Å². The Balaban J connectivity index is 2.06. The van der Waals surface area contributed by atoms with Crippen LogP contribution in [0.4, 0.5) is 5.88 Å². The SMILES string of the molecule is NCCC1CCCCN1c1cnco1. The predicted octanol–water partition coefficient (Wildman–Crippen LogP) is 1.38. The summed E-state index contributed by atoms with van der Waals surface area (Å²) in [5, 5.41) is 0. The molecular formula is C10H17N3O. The van der Waals surface area contributed by atoms with Gasteiger partial charge in [0.15, 0.2) is 6.39 Å². The smallest absolute Gasteiger partial charge is 0.216 e. The first-order valence-corrected chi connectivity index (χ1v) is 5.27. The second-order valence-corrected chi connectivity index (χ2v) is 3.76. The molecule has 0 spiro atoms. The van der Waals surface area contributed by atoms with Crippen LogP contribution in [0.3, 0.4) is 0 Å². The van der Waals surface area contributed by atoms with E-state index in [0.29, 0.717) is 6.04 Å². The zero-order chi connectivity index (χ0) is 9.80. The summed E-state index contributed by atoms with van der Waals surface area (Å²) in [7, 11) is 0. The lowest BCUT2D eigenvalue weighted by Crippen LogP contribution is -2.40. The van der Waals surface area contributed by atoms with E-state index in [1.165, 1.54) is 25.7 Å². The van der Waals surface area contributed by atoms with E-state index in [-0.39, 0.29) is 0 Å². The quantitative estimate of drug-likeness (QED) is 0.791. The third-order valence-electron chi connectivity index (χ3n) is 2.83. The van der Waals surface area contributed by atoms with E-state index in [4.69, 9.17) is 10.2 Å². The zero-order valence-electron chi connectivity index (χ0n) is 8.35. The molecule has 78 valence electrons. The Labute approximate surface area is 84.1 Å². The van der Waals surface area contributed by atoms with E-state index < -0.39 is 0 Å². The Bertz CT molecular complexity index is 258. The van der Waals surface area contributed by atoms with Crippen molar-refractivity contribution in [3.63, 3.8) is 0 Å². The fourth-order valence-corrected chi connectivity index (χ4v) is 2.13. The topological polar surface area (TPSA) is 55.3 Å². The normalized spacial score (nSPS) is 22.6. The van der Waals surface area contributed by atoms with Gasteiger partial charge in [-0.3, -0.25) is 0 Å². The molecule has 4 heteroatoms. The lowest BCUT2D eigenvalue weighted by Gasteiger charge is -2.35. The number of nitrogens with zero attached hydrogens (tertiary/aromatic N) is 2. The summed E-state index contributed by atoms with van der Waals surface area (Å²) in [5.74, 6) is 0.892. The Morgan fingerprint density at radius 3 is 3.21 bits per heavy atom. The van der Waals surface area contributed by atoms with Gasteiger partial charge >= 0.3 is 0 Å². The summed E-state index contributed by atoms with van der Waals surface area (Å²) >= 11 is 0. The van der Waals surface area contributed by atoms with E-state index in [9.17, 15) is 0 Å². The summed E-state index contributed by atoms with van der Waals surface area (Å²) < 4.78 is 5.32. The highest BCUT2D eigenvalue weighted by Crippen LogP contribution is 2.25. The molecule has 0 bridgehead atoms. The fourth-order valence-electron chi connectivity index (χ4n) is 2.13. The van der Waals surface area contributed by atoms with Crippen molar-refractivity contribution in [1.29, 1.82) is 0 Å². The maximum Gasteiger partial charge on any atom is 0.216 e. The van der Waals surface area contributed by atoms with Crippen LogP contribution >= 0.6 is 0 Å². The third-order valence-corrected chi connectivity index (χ3v) is 2.83. The van der Waals surface area contributed by atoms with Crippen molar-refractivity contribution < 1.29 is 4.42 Å². The van der Waals surface area contributed by atoms with Gasteiger partial charge in [0.05, 0.1) is 6.20 Å². The zero-order valence-corrected chi connectivity index (χ0v) is 8.35. The Morgan fingerprint density at radius 1 is 1.57 bits per heavy atom. The molecule has 0 amide bonds. The largest absolute Gasteiger partial charge is 0.428 e. The van der Waals surface area contributed by atoms with Gasteiger partial charge in [0.25, 0.3) is 0 Å². The first-order valence-electron chi connectivity index (χ1n) is 5.27. The van der Waals surface area contributed by atoms with Crippen LogP contribution in [0.5, 0.6) is 0 Å². The molecule has 1 aromatic rings. The predicted molar refractivity (Wildman–Crippen MR) is 55.2 cm³/mol. The van der Waals surface area contributed by atoms with Crippen molar-refractivity contribution in [2.24, 2.45) is 5.73 Å². The summed E-state index contributed by atoms with van der Waals surface area (Å²) in [4.78, 5) is 6.25. The molecule has 2 heterocycles. The Hall–Kier alpha value is -1.03. The van der Waals surface area contributed by atoms with Crippen LogP contribution in [0.1, 0.15) is 25.7 Å². The summed E-state index contributed by atoms with van der Waals surface area (Å²) in [6.07, 6.45) is 8.08. The molecule has 0 aliphatic carbocycles. The van der Waals surface area contributed by atoms with Crippen LogP contribution in [0.25, 0.3) is 0 Å². The van der Waals surface area contributed by atoms with Gasteiger partial charge in [-0.1, -0.05) is 0 Å². The third kappa shape index (κ3) is 1.90. The van der Waals surface area contributed by atoms with Crippen LogP contribution < -0.4 is 10.6 Å². The van der Waals surface area contributed by atoms with E-state index in [1.54, 1.807) is 6.20 Å². The number of nitrogens with two attached hydrogens (primary N) is 1. The van der Waals surface area contributed by atoms with Crippen LogP contribution in [0.15, 0.2) is 17.0 Å². The van der Waals surface area contributed by atoms with Crippen molar-refractivity contribution in [2.75, 3.05) is 18.0 Å². The molecule has 0 radical (unpaired) electrons. The average molecular weight is 195 g/mol. The van der Waals surface area contributed by atoms with Crippen molar-refractivity contribution in [3.05, 3.63) is 12.6 Å². The molecule has 0 aromatic carbocycles. The molecule has 1 fully saturated rings. The number of oxazole rings is 1. The number of hydrogen-bond acceptors (Lipinski definition) is 4. The number of aromatic nitrogens is 1. The van der Waals surface area contributed by atoms with Gasteiger partial charge in [-0.05, 0) is 32.2 Å². The monoisotopic (exact) mass is 195 g/mol. The van der Waals surface area contributed by atoms with Gasteiger partial charge < -0.3 is 15.1 Å². The molecule has 2 N–H and O–H groups in total. The molecule has 14 heavy (non-hydrogen) atoms. The van der Waals surface area contributed by atoms with Crippen LogP contribution in [0, 0.1) is 0 Å². The molecule has 1 saturated heterocycles. The fraction of sp³-hybridized carbons (Fsp3) is 0.700. The number of piperidine rings is 1. The molecule has 1 atom stereocenters. The average Bonchev–Trinajstić information content (AvgIpc) is 2.72.